The predicted molar refractivity (Wildman–Crippen MR) is 97.5 cm³/mol. The summed E-state index contributed by atoms with van der Waals surface area (Å²) in [4.78, 5) is 10.0. The van der Waals surface area contributed by atoms with E-state index in [0.717, 1.165) is 27.8 Å². The Labute approximate surface area is 146 Å². The number of hydrogen-bond acceptors (Lipinski definition) is 5. The van der Waals surface area contributed by atoms with E-state index in [0.29, 0.717) is 13.2 Å². The monoisotopic (exact) mass is 347 g/mol. The van der Waals surface area contributed by atoms with Crippen molar-refractivity contribution in [3.63, 3.8) is 0 Å². The molecule has 5 nitrogen and oxygen atoms in total. The van der Waals surface area contributed by atoms with Crippen LogP contribution in [-0.4, -0.2) is 27.5 Å². The highest BCUT2D eigenvalue weighted by Gasteiger charge is 2.19. The summed E-state index contributed by atoms with van der Waals surface area (Å²) < 4.78 is 16.6. The van der Waals surface area contributed by atoms with Gasteiger partial charge in [-0.05, 0) is 17.7 Å². The zero-order chi connectivity index (χ0) is 17.7. The standard InChI is InChI=1S/C18H25N3O2S/c1-18(2,3)17-20-14(12-23-4)10-16(21-17)19-11-13-6-8-15(9-7-13)24(5)22/h6-10H,11-12H2,1-5H3,(H,19,20,21). The number of nitrogens with zero attached hydrogens (tertiary/aromatic N) is 2. The lowest BCUT2D eigenvalue weighted by Crippen LogP contribution is -2.18. The van der Waals surface area contributed by atoms with E-state index in [1.165, 1.54) is 0 Å². The Kier molecular flexibility index (Phi) is 6.07. The van der Waals surface area contributed by atoms with Crippen molar-refractivity contribution in [2.45, 2.75) is 44.2 Å². The summed E-state index contributed by atoms with van der Waals surface area (Å²) in [5.74, 6) is 1.57. The van der Waals surface area contributed by atoms with Crippen LogP contribution in [0.2, 0.25) is 0 Å². The van der Waals surface area contributed by atoms with Crippen LogP contribution >= 0.6 is 0 Å². The molecule has 2 aromatic rings. The third-order valence-electron chi connectivity index (χ3n) is 3.47. The highest BCUT2D eigenvalue weighted by atomic mass is 32.2. The molecule has 0 spiro atoms. The van der Waals surface area contributed by atoms with Crippen LogP contribution in [0.25, 0.3) is 0 Å². The zero-order valence-corrected chi connectivity index (χ0v) is 15.7. The Balaban J connectivity index is 2.16. The first-order valence-electron chi connectivity index (χ1n) is 7.83. The lowest BCUT2D eigenvalue weighted by atomic mass is 9.95. The molecule has 1 heterocycles. The smallest absolute Gasteiger partial charge is 0.136 e. The van der Waals surface area contributed by atoms with Crippen LogP contribution in [-0.2, 0) is 34.1 Å². The molecule has 1 atom stereocenters. The molecule has 130 valence electrons. The molecule has 0 radical (unpaired) electrons. The van der Waals surface area contributed by atoms with Crippen molar-refractivity contribution in [2.24, 2.45) is 0 Å². The summed E-state index contributed by atoms with van der Waals surface area (Å²) in [5.41, 5.74) is 1.83. The number of aromatic nitrogens is 2. The average molecular weight is 347 g/mol. The van der Waals surface area contributed by atoms with Gasteiger partial charge in [0.15, 0.2) is 0 Å². The predicted octanol–water partition coefficient (Wildman–Crippen LogP) is 3.27. The topological polar surface area (TPSA) is 64.1 Å². The molecule has 1 aromatic carbocycles. The van der Waals surface area contributed by atoms with E-state index in [9.17, 15) is 4.21 Å². The summed E-state index contributed by atoms with van der Waals surface area (Å²) in [6, 6.07) is 9.65. The van der Waals surface area contributed by atoms with Gasteiger partial charge in [0.2, 0.25) is 0 Å². The molecule has 0 saturated carbocycles. The minimum absolute atomic E-state index is 0.132. The molecule has 0 saturated heterocycles. The maximum absolute atomic E-state index is 11.4. The number of benzene rings is 1. The number of rotatable bonds is 6. The largest absolute Gasteiger partial charge is 0.378 e. The Morgan fingerprint density at radius 2 is 1.83 bits per heavy atom. The fraction of sp³-hybridized carbons (Fsp3) is 0.444. The van der Waals surface area contributed by atoms with E-state index in [4.69, 9.17) is 4.74 Å². The summed E-state index contributed by atoms with van der Waals surface area (Å²) in [7, 11) is 0.707. The number of ether oxygens (including phenoxy) is 1. The molecule has 2 rings (SSSR count). The SMILES string of the molecule is COCc1cc(NCc2ccc(S(C)=O)cc2)nc(C(C)(C)C)n1. The maximum Gasteiger partial charge on any atom is 0.136 e. The van der Waals surface area contributed by atoms with E-state index in [-0.39, 0.29) is 5.41 Å². The van der Waals surface area contributed by atoms with E-state index in [2.05, 4.69) is 36.1 Å². The number of hydrogen-bond donors (Lipinski definition) is 1. The van der Waals surface area contributed by atoms with Gasteiger partial charge in [-0.3, -0.25) is 4.21 Å². The quantitative estimate of drug-likeness (QED) is 0.869. The van der Waals surface area contributed by atoms with Crippen molar-refractivity contribution in [2.75, 3.05) is 18.7 Å². The number of anilines is 1. The van der Waals surface area contributed by atoms with Crippen LogP contribution in [0.1, 0.15) is 37.9 Å². The van der Waals surface area contributed by atoms with Crippen LogP contribution < -0.4 is 5.32 Å². The van der Waals surface area contributed by atoms with Gasteiger partial charge in [0.25, 0.3) is 0 Å². The molecule has 0 aliphatic carbocycles. The van der Waals surface area contributed by atoms with Crippen LogP contribution in [0, 0.1) is 0 Å². The van der Waals surface area contributed by atoms with Gasteiger partial charge in [-0.15, -0.1) is 0 Å². The van der Waals surface area contributed by atoms with Crippen LogP contribution in [0.4, 0.5) is 5.82 Å². The Bertz CT molecular complexity index is 709. The van der Waals surface area contributed by atoms with Crippen LogP contribution in [0.5, 0.6) is 0 Å². The fourth-order valence-electron chi connectivity index (χ4n) is 2.14. The molecule has 0 fully saturated rings. The number of nitrogens with one attached hydrogen (secondary N) is 1. The minimum atomic E-state index is -0.951. The van der Waals surface area contributed by atoms with Gasteiger partial charge < -0.3 is 10.1 Å². The van der Waals surface area contributed by atoms with Gasteiger partial charge in [-0.2, -0.15) is 0 Å². The second kappa shape index (κ2) is 7.85. The van der Waals surface area contributed by atoms with Crippen LogP contribution in [0.15, 0.2) is 35.2 Å². The molecule has 0 amide bonds. The van der Waals surface area contributed by atoms with Gasteiger partial charge in [-0.25, -0.2) is 9.97 Å². The first-order chi connectivity index (χ1) is 11.3. The summed E-state index contributed by atoms with van der Waals surface area (Å²) in [6.07, 6.45) is 1.68. The third-order valence-corrected chi connectivity index (χ3v) is 4.41. The van der Waals surface area contributed by atoms with Gasteiger partial charge >= 0.3 is 0 Å². The Morgan fingerprint density at radius 3 is 2.38 bits per heavy atom. The lowest BCUT2D eigenvalue weighted by Gasteiger charge is -2.19. The summed E-state index contributed by atoms with van der Waals surface area (Å²) in [5, 5.41) is 3.34. The Morgan fingerprint density at radius 1 is 1.17 bits per heavy atom. The molecule has 0 bridgehead atoms. The second-order valence-corrected chi connectivity index (χ2v) is 8.08. The first kappa shape index (κ1) is 18.5. The third kappa shape index (κ3) is 5.11. The molecule has 0 aliphatic rings. The molecule has 1 N–H and O–H groups in total. The van der Waals surface area contributed by atoms with Gasteiger partial charge in [0, 0.05) is 47.1 Å². The highest BCUT2D eigenvalue weighted by molar-refractivity contribution is 7.84. The van der Waals surface area contributed by atoms with Gasteiger partial charge in [0.05, 0.1) is 12.3 Å². The minimum Gasteiger partial charge on any atom is -0.378 e. The second-order valence-electron chi connectivity index (χ2n) is 6.70. The number of methoxy groups -OCH3 is 1. The average Bonchev–Trinajstić information content (AvgIpc) is 2.52. The van der Waals surface area contributed by atoms with Crippen molar-refractivity contribution in [3.8, 4) is 0 Å². The summed E-state index contributed by atoms with van der Waals surface area (Å²) in [6.45, 7) is 7.37. The molecule has 0 aliphatic heterocycles. The van der Waals surface area contributed by atoms with Crippen molar-refractivity contribution < 1.29 is 8.95 Å². The van der Waals surface area contributed by atoms with Gasteiger partial charge in [0.1, 0.15) is 11.6 Å². The van der Waals surface area contributed by atoms with E-state index < -0.39 is 10.8 Å². The van der Waals surface area contributed by atoms with Crippen molar-refractivity contribution >= 4 is 16.6 Å². The molecular weight excluding hydrogens is 322 g/mol. The zero-order valence-electron chi connectivity index (χ0n) is 14.9. The maximum atomic E-state index is 11.4. The van der Waals surface area contributed by atoms with E-state index >= 15 is 0 Å². The first-order valence-corrected chi connectivity index (χ1v) is 9.39. The normalized spacial score (nSPS) is 12.9. The summed E-state index contributed by atoms with van der Waals surface area (Å²) >= 11 is 0. The molecular formula is C18H25N3O2S. The van der Waals surface area contributed by atoms with Crippen LogP contribution in [0.3, 0.4) is 0 Å². The van der Waals surface area contributed by atoms with Gasteiger partial charge in [-0.1, -0.05) is 32.9 Å². The Hall–Kier alpha value is -1.79. The highest BCUT2D eigenvalue weighted by Crippen LogP contribution is 2.21. The molecule has 6 heteroatoms. The molecule has 1 aromatic heterocycles. The molecule has 1 unspecified atom stereocenters. The fourth-order valence-corrected chi connectivity index (χ4v) is 2.66. The lowest BCUT2D eigenvalue weighted by molar-refractivity contribution is 0.181. The van der Waals surface area contributed by atoms with E-state index in [1.807, 2.05) is 30.3 Å². The van der Waals surface area contributed by atoms with Crippen molar-refractivity contribution in [3.05, 3.63) is 47.4 Å². The molecule has 24 heavy (non-hydrogen) atoms. The van der Waals surface area contributed by atoms with Crippen molar-refractivity contribution in [1.29, 1.82) is 0 Å². The van der Waals surface area contributed by atoms with E-state index in [1.54, 1.807) is 13.4 Å². The van der Waals surface area contributed by atoms with Crippen molar-refractivity contribution in [1.82, 2.24) is 9.97 Å².